The number of aryl methyl sites for hydroxylation is 1. The molecule has 2 rings (SSSR count). The Morgan fingerprint density at radius 3 is 2.89 bits per heavy atom. The molecule has 1 aliphatic heterocycles. The molecule has 1 fully saturated rings. The highest BCUT2D eigenvalue weighted by Crippen LogP contribution is 2.35. The summed E-state index contributed by atoms with van der Waals surface area (Å²) in [5.41, 5.74) is -0.754. The van der Waals surface area contributed by atoms with E-state index in [0.717, 1.165) is 25.8 Å². The first-order valence-corrected chi connectivity index (χ1v) is 6.92. The molecule has 1 N–H and O–H groups in total. The lowest BCUT2D eigenvalue weighted by atomic mass is 9.90. The van der Waals surface area contributed by atoms with Gasteiger partial charge in [0.15, 0.2) is 5.82 Å². The van der Waals surface area contributed by atoms with Gasteiger partial charge in [0.2, 0.25) is 5.89 Å². The molecule has 0 bridgehead atoms. The van der Waals surface area contributed by atoms with Crippen LogP contribution in [0.1, 0.15) is 51.2 Å². The maximum absolute atomic E-state index is 11.7. The zero-order valence-corrected chi connectivity index (χ0v) is 11.6. The van der Waals surface area contributed by atoms with Crippen molar-refractivity contribution < 1.29 is 14.4 Å². The number of carboxylic acids is 1. The van der Waals surface area contributed by atoms with Crippen LogP contribution < -0.4 is 0 Å². The van der Waals surface area contributed by atoms with Crippen molar-refractivity contribution in [3.63, 3.8) is 0 Å². The molecule has 0 spiro atoms. The highest BCUT2D eigenvalue weighted by molar-refractivity contribution is 5.79. The van der Waals surface area contributed by atoms with Crippen LogP contribution in [0.3, 0.4) is 0 Å². The molecular weight excluding hydrogens is 246 g/mol. The summed E-state index contributed by atoms with van der Waals surface area (Å²) in [5, 5.41) is 13.4. The highest BCUT2D eigenvalue weighted by atomic mass is 16.5. The number of nitrogens with zero attached hydrogens (tertiary/aromatic N) is 3. The second kappa shape index (κ2) is 5.69. The minimum absolute atomic E-state index is 0.430. The molecule has 6 heteroatoms. The molecule has 1 unspecified atom stereocenters. The first kappa shape index (κ1) is 14.0. The van der Waals surface area contributed by atoms with Crippen molar-refractivity contribution in [2.45, 2.75) is 58.0 Å². The van der Waals surface area contributed by atoms with Crippen LogP contribution in [0.5, 0.6) is 0 Å². The highest BCUT2D eigenvalue weighted by Gasteiger charge is 2.47. The van der Waals surface area contributed by atoms with Gasteiger partial charge in [0.05, 0.1) is 6.54 Å². The van der Waals surface area contributed by atoms with E-state index in [4.69, 9.17) is 4.52 Å². The lowest BCUT2D eigenvalue weighted by Crippen LogP contribution is -2.50. The van der Waals surface area contributed by atoms with Crippen LogP contribution in [0, 0.1) is 0 Å². The molecule has 0 saturated carbocycles. The van der Waals surface area contributed by atoms with E-state index in [-0.39, 0.29) is 0 Å². The van der Waals surface area contributed by atoms with Crippen molar-refractivity contribution >= 4 is 5.97 Å². The zero-order chi connectivity index (χ0) is 13.9. The fourth-order valence-corrected chi connectivity index (χ4v) is 2.87. The van der Waals surface area contributed by atoms with Crippen LogP contribution in [0.15, 0.2) is 4.52 Å². The summed E-state index contributed by atoms with van der Waals surface area (Å²) in [7, 11) is 0. The normalized spacial score (nSPS) is 23.9. The summed E-state index contributed by atoms with van der Waals surface area (Å²) < 4.78 is 5.17. The monoisotopic (exact) mass is 267 g/mol. The molecule has 1 aromatic rings. The Hall–Kier alpha value is -1.43. The maximum Gasteiger partial charge on any atom is 0.324 e. The van der Waals surface area contributed by atoms with Crippen molar-refractivity contribution in [3.05, 3.63) is 11.7 Å². The van der Waals surface area contributed by atoms with Crippen molar-refractivity contribution in [1.82, 2.24) is 15.0 Å². The molecule has 1 saturated heterocycles. The number of rotatable bonds is 6. The number of hydrogen-bond donors (Lipinski definition) is 1. The molecule has 0 radical (unpaired) electrons. The third kappa shape index (κ3) is 2.63. The molecule has 2 heterocycles. The Morgan fingerprint density at radius 2 is 2.32 bits per heavy atom. The predicted octanol–water partition coefficient (Wildman–Crippen LogP) is 1.85. The van der Waals surface area contributed by atoms with Crippen LogP contribution in [-0.4, -0.2) is 38.2 Å². The number of carbonyl (C=O) groups is 1. The summed E-state index contributed by atoms with van der Waals surface area (Å²) in [6.07, 6.45) is 3.85. The van der Waals surface area contributed by atoms with Crippen LogP contribution in [0.25, 0.3) is 0 Å². The van der Waals surface area contributed by atoms with Gasteiger partial charge in [-0.25, -0.2) is 0 Å². The smallest absolute Gasteiger partial charge is 0.324 e. The predicted molar refractivity (Wildman–Crippen MR) is 68.6 cm³/mol. The Labute approximate surface area is 112 Å². The van der Waals surface area contributed by atoms with E-state index in [1.165, 1.54) is 0 Å². The minimum Gasteiger partial charge on any atom is -0.480 e. The number of hydrogen-bond acceptors (Lipinski definition) is 5. The lowest BCUT2D eigenvalue weighted by Gasteiger charge is -2.33. The van der Waals surface area contributed by atoms with Gasteiger partial charge >= 0.3 is 5.97 Å². The lowest BCUT2D eigenvalue weighted by molar-refractivity contribution is -0.150. The summed E-state index contributed by atoms with van der Waals surface area (Å²) in [6, 6.07) is 0. The molecule has 1 aromatic heterocycles. The van der Waals surface area contributed by atoms with Gasteiger partial charge in [0, 0.05) is 6.42 Å². The van der Waals surface area contributed by atoms with E-state index in [2.05, 4.69) is 10.1 Å². The average molecular weight is 267 g/mol. The topological polar surface area (TPSA) is 79.5 Å². The molecule has 0 amide bonds. The van der Waals surface area contributed by atoms with Crippen molar-refractivity contribution in [3.8, 4) is 0 Å². The Morgan fingerprint density at radius 1 is 1.53 bits per heavy atom. The van der Waals surface area contributed by atoms with Crippen molar-refractivity contribution in [1.29, 1.82) is 0 Å². The Bertz CT molecular complexity index is 446. The van der Waals surface area contributed by atoms with E-state index >= 15 is 0 Å². The average Bonchev–Trinajstić information content (AvgIpc) is 2.98. The molecular formula is C13H21N3O3. The zero-order valence-electron chi connectivity index (χ0n) is 11.6. The Balaban J connectivity index is 2.15. The first-order chi connectivity index (χ1) is 9.12. The summed E-state index contributed by atoms with van der Waals surface area (Å²) in [6.45, 7) is 5.18. The number of aromatic nitrogens is 2. The SMILES string of the molecule is CCCC1(C(=O)O)CCCN1Cc1nc(CC)no1. The summed E-state index contributed by atoms with van der Waals surface area (Å²) in [5.74, 6) is 0.452. The second-order valence-corrected chi connectivity index (χ2v) is 5.07. The molecule has 106 valence electrons. The second-order valence-electron chi connectivity index (χ2n) is 5.07. The van der Waals surface area contributed by atoms with E-state index in [9.17, 15) is 9.90 Å². The van der Waals surface area contributed by atoms with Gasteiger partial charge in [-0.1, -0.05) is 25.4 Å². The Kier molecular flexibility index (Phi) is 4.19. The van der Waals surface area contributed by atoms with Gasteiger partial charge in [-0.05, 0) is 25.8 Å². The number of likely N-dealkylation sites (tertiary alicyclic amines) is 1. The molecule has 0 aliphatic carbocycles. The third-order valence-electron chi connectivity index (χ3n) is 3.84. The molecule has 1 atom stereocenters. The third-order valence-corrected chi connectivity index (χ3v) is 3.84. The van der Waals surface area contributed by atoms with Crippen LogP contribution in [0.4, 0.5) is 0 Å². The van der Waals surface area contributed by atoms with Gasteiger partial charge in [-0.3, -0.25) is 9.69 Å². The largest absolute Gasteiger partial charge is 0.480 e. The van der Waals surface area contributed by atoms with Crippen LogP contribution in [0.2, 0.25) is 0 Å². The minimum atomic E-state index is -0.754. The van der Waals surface area contributed by atoms with Gasteiger partial charge in [-0.15, -0.1) is 0 Å². The maximum atomic E-state index is 11.7. The van der Waals surface area contributed by atoms with E-state index in [1.54, 1.807) is 0 Å². The van der Waals surface area contributed by atoms with Gasteiger partial charge in [0.1, 0.15) is 5.54 Å². The number of aliphatic carboxylic acids is 1. The fraction of sp³-hybridized carbons (Fsp3) is 0.769. The van der Waals surface area contributed by atoms with Gasteiger partial charge in [-0.2, -0.15) is 4.98 Å². The quantitative estimate of drug-likeness (QED) is 0.847. The van der Waals surface area contributed by atoms with Crippen molar-refractivity contribution in [2.75, 3.05) is 6.54 Å². The van der Waals surface area contributed by atoms with Gasteiger partial charge < -0.3 is 9.63 Å². The van der Waals surface area contributed by atoms with Crippen LogP contribution in [-0.2, 0) is 17.8 Å². The molecule has 1 aliphatic rings. The molecule has 6 nitrogen and oxygen atoms in total. The molecule has 19 heavy (non-hydrogen) atoms. The van der Waals surface area contributed by atoms with Crippen molar-refractivity contribution in [2.24, 2.45) is 0 Å². The standard InChI is InChI=1S/C13H21N3O3/c1-3-6-13(12(17)18)7-5-8-16(13)9-11-14-10(4-2)15-19-11/h3-9H2,1-2H3,(H,17,18). The summed E-state index contributed by atoms with van der Waals surface area (Å²) in [4.78, 5) is 17.9. The van der Waals surface area contributed by atoms with E-state index in [1.807, 2.05) is 18.7 Å². The van der Waals surface area contributed by atoms with E-state index < -0.39 is 11.5 Å². The van der Waals surface area contributed by atoms with E-state index in [0.29, 0.717) is 31.1 Å². The van der Waals surface area contributed by atoms with Crippen LogP contribution >= 0.6 is 0 Å². The summed E-state index contributed by atoms with van der Waals surface area (Å²) >= 11 is 0. The fourth-order valence-electron chi connectivity index (χ4n) is 2.87. The van der Waals surface area contributed by atoms with Gasteiger partial charge in [0.25, 0.3) is 0 Å². The number of carboxylic acid groups (broad SMARTS) is 1. The molecule has 0 aromatic carbocycles. The first-order valence-electron chi connectivity index (χ1n) is 6.92.